The molecule has 3 atom stereocenters. The first kappa shape index (κ1) is 22.0. The van der Waals surface area contributed by atoms with Crippen LogP contribution in [0.1, 0.15) is 12.5 Å². The molecule has 168 valence electrons. The van der Waals surface area contributed by atoms with E-state index in [1.807, 2.05) is 61.5 Å². The summed E-state index contributed by atoms with van der Waals surface area (Å²) >= 11 is 1.01. The van der Waals surface area contributed by atoms with Crippen LogP contribution in [0.5, 0.6) is 11.5 Å². The first-order chi connectivity index (χ1) is 15.5. The maximum Gasteiger partial charge on any atom is 0.410 e. The smallest absolute Gasteiger partial charge is 0.410 e. The number of amides is 3. The molecule has 2 saturated heterocycles. The number of ether oxygens (including phenoxy) is 3. The second-order valence-electron chi connectivity index (χ2n) is 7.67. The summed E-state index contributed by atoms with van der Waals surface area (Å²) in [6, 6.07) is 16.6. The first-order valence-electron chi connectivity index (χ1n) is 10.4. The van der Waals surface area contributed by atoms with E-state index in [2.05, 4.69) is 5.32 Å². The van der Waals surface area contributed by atoms with Gasteiger partial charge in [-0.05, 0) is 43.2 Å². The zero-order chi connectivity index (χ0) is 22.5. The van der Waals surface area contributed by atoms with Crippen LogP contribution in [-0.2, 0) is 16.0 Å². The summed E-state index contributed by atoms with van der Waals surface area (Å²) in [4.78, 5) is 36.9. The summed E-state index contributed by atoms with van der Waals surface area (Å²) in [6.07, 6.45) is -0.229. The van der Waals surface area contributed by atoms with Crippen LogP contribution in [0.25, 0.3) is 0 Å². The Balaban J connectivity index is 1.22. The number of carbonyl (C=O) groups excluding carboxylic acids is 3. The van der Waals surface area contributed by atoms with Gasteiger partial charge in [0, 0.05) is 0 Å². The minimum atomic E-state index is -0.394. The predicted molar refractivity (Wildman–Crippen MR) is 119 cm³/mol. The molecule has 2 fully saturated rings. The molecule has 1 N–H and O–H groups in total. The molecule has 2 aliphatic rings. The number of carbonyl (C=O) groups is 3. The van der Waals surface area contributed by atoms with E-state index in [4.69, 9.17) is 14.2 Å². The quantitative estimate of drug-likeness (QED) is 0.619. The van der Waals surface area contributed by atoms with Crippen LogP contribution in [0.4, 0.5) is 9.59 Å². The third-order valence-corrected chi connectivity index (χ3v) is 6.20. The van der Waals surface area contributed by atoms with Gasteiger partial charge in [-0.2, -0.15) is 0 Å². The van der Waals surface area contributed by atoms with E-state index in [-0.39, 0.29) is 29.4 Å². The molecular formula is C23H24N2O6S. The highest BCUT2D eigenvalue weighted by Gasteiger charge is 2.35. The number of cyclic esters (lactones) is 1. The molecule has 9 heteroatoms. The zero-order valence-electron chi connectivity index (χ0n) is 17.6. The minimum absolute atomic E-state index is 0.173. The summed E-state index contributed by atoms with van der Waals surface area (Å²) in [6.45, 7) is 2.96. The van der Waals surface area contributed by atoms with Crippen LogP contribution in [0.3, 0.4) is 0 Å². The highest BCUT2D eigenvalue weighted by Crippen LogP contribution is 2.24. The Labute approximate surface area is 190 Å². The van der Waals surface area contributed by atoms with Gasteiger partial charge in [0.15, 0.2) is 6.10 Å². The first-order valence-corrected chi connectivity index (χ1v) is 11.2. The van der Waals surface area contributed by atoms with Crippen molar-refractivity contribution in [1.29, 1.82) is 0 Å². The Kier molecular flexibility index (Phi) is 6.84. The van der Waals surface area contributed by atoms with Gasteiger partial charge in [-0.25, -0.2) is 4.79 Å². The number of hydrogen-bond acceptors (Lipinski definition) is 7. The summed E-state index contributed by atoms with van der Waals surface area (Å²) < 4.78 is 16.9. The Morgan fingerprint density at radius 1 is 1.06 bits per heavy atom. The van der Waals surface area contributed by atoms with Crippen molar-refractivity contribution in [2.24, 2.45) is 0 Å². The fraction of sp³-hybridized carbons (Fsp3) is 0.348. The molecule has 2 aromatic rings. The van der Waals surface area contributed by atoms with Gasteiger partial charge in [0.05, 0.1) is 17.8 Å². The molecule has 3 amide bonds. The Morgan fingerprint density at radius 3 is 2.47 bits per heavy atom. The average Bonchev–Trinajstić information content (AvgIpc) is 3.32. The molecule has 0 aliphatic carbocycles. The third kappa shape index (κ3) is 5.53. The van der Waals surface area contributed by atoms with Crippen LogP contribution < -0.4 is 14.8 Å². The van der Waals surface area contributed by atoms with Gasteiger partial charge in [-0.3, -0.25) is 19.8 Å². The van der Waals surface area contributed by atoms with Crippen LogP contribution in [-0.4, -0.2) is 59.3 Å². The summed E-state index contributed by atoms with van der Waals surface area (Å²) in [5, 5.41) is 1.59. The number of nitrogens with one attached hydrogen (secondary N) is 1. The molecule has 2 aliphatic heterocycles. The van der Waals surface area contributed by atoms with Gasteiger partial charge in [0.25, 0.3) is 5.24 Å². The third-order valence-electron chi connectivity index (χ3n) is 5.22. The van der Waals surface area contributed by atoms with Crippen molar-refractivity contribution >= 4 is 29.0 Å². The van der Waals surface area contributed by atoms with E-state index in [0.717, 1.165) is 23.1 Å². The van der Waals surface area contributed by atoms with Gasteiger partial charge < -0.3 is 14.2 Å². The van der Waals surface area contributed by atoms with Gasteiger partial charge >= 0.3 is 6.09 Å². The lowest BCUT2D eigenvalue weighted by molar-refractivity contribution is -0.118. The number of para-hydroxylation sites is 1. The molecule has 0 saturated carbocycles. The normalized spacial score (nSPS) is 21.3. The van der Waals surface area contributed by atoms with Crippen LogP contribution in [0.15, 0.2) is 54.6 Å². The van der Waals surface area contributed by atoms with E-state index >= 15 is 0 Å². The van der Waals surface area contributed by atoms with Gasteiger partial charge in [-0.15, -0.1) is 0 Å². The molecule has 32 heavy (non-hydrogen) atoms. The number of imide groups is 1. The Morgan fingerprint density at radius 2 is 1.78 bits per heavy atom. The van der Waals surface area contributed by atoms with E-state index in [0.29, 0.717) is 31.9 Å². The molecule has 2 heterocycles. The molecule has 0 aromatic heterocycles. The highest BCUT2D eigenvalue weighted by atomic mass is 32.2. The van der Waals surface area contributed by atoms with Crippen molar-refractivity contribution in [2.45, 2.75) is 30.7 Å². The molecular weight excluding hydrogens is 432 g/mol. The highest BCUT2D eigenvalue weighted by molar-refractivity contribution is 8.15. The van der Waals surface area contributed by atoms with E-state index in [1.165, 1.54) is 0 Å². The maximum absolute atomic E-state index is 12.2. The molecule has 0 bridgehead atoms. The second kappa shape index (κ2) is 9.95. The predicted octanol–water partition coefficient (Wildman–Crippen LogP) is 3.25. The average molecular weight is 457 g/mol. The molecule has 0 radical (unpaired) electrons. The Hall–Kier alpha value is -3.20. The number of benzene rings is 2. The second-order valence-corrected chi connectivity index (χ2v) is 8.85. The largest absolute Gasteiger partial charge is 0.491 e. The van der Waals surface area contributed by atoms with Crippen molar-refractivity contribution in [1.82, 2.24) is 10.2 Å². The van der Waals surface area contributed by atoms with Crippen LogP contribution >= 0.6 is 11.8 Å². The minimum Gasteiger partial charge on any atom is -0.491 e. The van der Waals surface area contributed by atoms with Crippen LogP contribution in [0.2, 0.25) is 0 Å². The van der Waals surface area contributed by atoms with Crippen molar-refractivity contribution in [3.8, 4) is 11.5 Å². The van der Waals surface area contributed by atoms with Gasteiger partial charge in [0.1, 0.15) is 24.7 Å². The lowest BCUT2D eigenvalue weighted by Gasteiger charge is -2.22. The van der Waals surface area contributed by atoms with Crippen molar-refractivity contribution in [2.75, 3.05) is 19.8 Å². The monoisotopic (exact) mass is 456 g/mol. The molecule has 2 aromatic carbocycles. The summed E-state index contributed by atoms with van der Waals surface area (Å²) in [7, 11) is 0. The number of rotatable bonds is 9. The van der Waals surface area contributed by atoms with Crippen molar-refractivity contribution in [3.63, 3.8) is 0 Å². The Bertz CT molecular complexity index is 968. The number of hydrogen-bond donors (Lipinski definition) is 1. The lowest BCUT2D eigenvalue weighted by Crippen LogP contribution is -2.38. The summed E-state index contributed by atoms with van der Waals surface area (Å²) in [5.74, 6) is 1.15. The zero-order valence-corrected chi connectivity index (χ0v) is 18.4. The standard InChI is InChI=1S/C23H24N2O6S/c1-15(25-12-19(31-23(25)28)14-30-17-5-3-2-4-6-17)13-29-18-9-7-16(8-10-18)11-20-21(26)24-22(27)32-20/h2-10,15,19-20H,11-14H2,1H3,(H,24,26,27). The van der Waals surface area contributed by atoms with Crippen molar-refractivity contribution < 1.29 is 28.6 Å². The fourth-order valence-corrected chi connectivity index (χ4v) is 4.32. The molecule has 8 nitrogen and oxygen atoms in total. The number of thioether (sulfide) groups is 1. The van der Waals surface area contributed by atoms with Gasteiger partial charge in [-0.1, -0.05) is 42.1 Å². The van der Waals surface area contributed by atoms with E-state index in [9.17, 15) is 14.4 Å². The lowest BCUT2D eigenvalue weighted by atomic mass is 10.1. The van der Waals surface area contributed by atoms with Crippen LogP contribution in [0, 0.1) is 0 Å². The maximum atomic E-state index is 12.2. The van der Waals surface area contributed by atoms with E-state index < -0.39 is 5.25 Å². The fourth-order valence-electron chi connectivity index (χ4n) is 3.46. The number of nitrogens with zero attached hydrogens (tertiary/aromatic N) is 1. The van der Waals surface area contributed by atoms with E-state index in [1.54, 1.807) is 4.90 Å². The molecule has 4 rings (SSSR count). The topological polar surface area (TPSA) is 94.2 Å². The van der Waals surface area contributed by atoms with Crippen molar-refractivity contribution in [3.05, 3.63) is 60.2 Å². The molecule has 3 unspecified atom stereocenters. The molecule has 0 spiro atoms. The van der Waals surface area contributed by atoms with Gasteiger partial charge in [0.2, 0.25) is 5.91 Å². The SMILES string of the molecule is CC(COc1ccc(CC2SC(=O)NC2=O)cc1)N1CC(COc2ccccc2)OC1=O. The summed E-state index contributed by atoms with van der Waals surface area (Å²) in [5.41, 5.74) is 0.942.